The Morgan fingerprint density at radius 1 is 1.46 bits per heavy atom. The number of carbonyl (C=O) groups is 1. The van der Waals surface area contributed by atoms with E-state index in [1.165, 1.54) is 6.92 Å². The first-order valence-corrected chi connectivity index (χ1v) is 7.47. The van der Waals surface area contributed by atoms with Crippen LogP contribution in [-0.4, -0.2) is 26.9 Å². The summed E-state index contributed by atoms with van der Waals surface area (Å²) in [5.74, 6) is 0.0987. The van der Waals surface area contributed by atoms with E-state index >= 15 is 0 Å². The second kappa shape index (κ2) is 5.19. The summed E-state index contributed by atoms with van der Waals surface area (Å²) >= 11 is 0. The third-order valence-corrected chi connectivity index (χ3v) is 3.43. The van der Waals surface area contributed by atoms with Gasteiger partial charge in [-0.2, -0.15) is 0 Å². The SMILES string of the molecule is C=C(OC[Si](C)(C)OCC)C(C)=O. The van der Waals surface area contributed by atoms with Crippen molar-refractivity contribution < 1.29 is 14.0 Å². The number of hydrogen-bond acceptors (Lipinski definition) is 3. The lowest BCUT2D eigenvalue weighted by atomic mass is 10.4. The lowest BCUT2D eigenvalue weighted by molar-refractivity contribution is -0.116. The highest BCUT2D eigenvalue weighted by atomic mass is 28.4. The topological polar surface area (TPSA) is 35.5 Å². The van der Waals surface area contributed by atoms with E-state index in [-0.39, 0.29) is 11.5 Å². The van der Waals surface area contributed by atoms with Crippen LogP contribution in [0.1, 0.15) is 13.8 Å². The summed E-state index contributed by atoms with van der Waals surface area (Å²) in [5, 5.41) is 0. The highest BCUT2D eigenvalue weighted by molar-refractivity contribution is 6.71. The number of hydrogen-bond donors (Lipinski definition) is 0. The van der Waals surface area contributed by atoms with E-state index in [9.17, 15) is 4.79 Å². The number of ether oxygens (including phenoxy) is 1. The maximum absolute atomic E-state index is 10.8. The molecule has 0 amide bonds. The third-order valence-electron chi connectivity index (χ3n) is 1.52. The molecule has 0 aliphatic heterocycles. The Labute approximate surface area is 80.9 Å². The summed E-state index contributed by atoms with van der Waals surface area (Å²) in [7, 11) is -1.75. The van der Waals surface area contributed by atoms with Gasteiger partial charge in [0.05, 0.1) is 0 Å². The van der Waals surface area contributed by atoms with Gasteiger partial charge in [0.1, 0.15) is 6.23 Å². The van der Waals surface area contributed by atoms with Crippen molar-refractivity contribution in [2.45, 2.75) is 26.9 Å². The number of rotatable bonds is 6. The number of allylic oxidation sites excluding steroid dienone is 1. The van der Waals surface area contributed by atoms with Crippen LogP contribution in [0.15, 0.2) is 12.3 Å². The van der Waals surface area contributed by atoms with Gasteiger partial charge in [-0.1, -0.05) is 6.58 Å². The van der Waals surface area contributed by atoms with Crippen molar-refractivity contribution in [1.82, 2.24) is 0 Å². The van der Waals surface area contributed by atoms with Crippen molar-refractivity contribution in [3.63, 3.8) is 0 Å². The van der Waals surface area contributed by atoms with Gasteiger partial charge < -0.3 is 9.16 Å². The molecule has 0 bridgehead atoms. The minimum atomic E-state index is -1.75. The van der Waals surface area contributed by atoms with E-state index < -0.39 is 8.32 Å². The molecule has 0 saturated carbocycles. The second-order valence-electron chi connectivity index (χ2n) is 3.46. The molecule has 0 heterocycles. The van der Waals surface area contributed by atoms with Gasteiger partial charge in [-0.25, -0.2) is 0 Å². The van der Waals surface area contributed by atoms with Crippen molar-refractivity contribution >= 4 is 14.1 Å². The van der Waals surface area contributed by atoms with Crippen LogP contribution in [0.4, 0.5) is 0 Å². The van der Waals surface area contributed by atoms with Crippen molar-refractivity contribution in [2.75, 3.05) is 12.8 Å². The predicted octanol–water partition coefficient (Wildman–Crippen LogP) is 1.89. The van der Waals surface area contributed by atoms with E-state index in [0.29, 0.717) is 12.8 Å². The smallest absolute Gasteiger partial charge is 0.224 e. The van der Waals surface area contributed by atoms with Crippen molar-refractivity contribution in [1.29, 1.82) is 0 Å². The number of Topliss-reactive ketones (excluding diaryl/α,β-unsaturated/α-hetero) is 1. The molecular weight excluding hydrogens is 184 g/mol. The van der Waals surface area contributed by atoms with Crippen molar-refractivity contribution in [3.05, 3.63) is 12.3 Å². The molecule has 0 N–H and O–H groups in total. The number of carbonyl (C=O) groups excluding carboxylic acids is 1. The first-order valence-electron chi connectivity index (χ1n) is 4.35. The molecule has 0 atom stereocenters. The highest BCUT2D eigenvalue weighted by Gasteiger charge is 2.23. The molecular formula is C9H18O3Si. The van der Waals surface area contributed by atoms with Gasteiger partial charge in [-0.05, 0) is 20.0 Å². The molecule has 4 heteroatoms. The molecule has 76 valence electrons. The zero-order valence-corrected chi connectivity index (χ0v) is 9.85. The minimum Gasteiger partial charge on any atom is -0.491 e. The average molecular weight is 202 g/mol. The van der Waals surface area contributed by atoms with Crippen LogP contribution < -0.4 is 0 Å². The fourth-order valence-corrected chi connectivity index (χ4v) is 2.18. The molecule has 0 unspecified atom stereocenters. The summed E-state index contributed by atoms with van der Waals surface area (Å²) in [6.45, 7) is 11.7. The minimum absolute atomic E-state index is 0.124. The Morgan fingerprint density at radius 3 is 2.38 bits per heavy atom. The molecule has 13 heavy (non-hydrogen) atoms. The number of ketones is 1. The summed E-state index contributed by atoms with van der Waals surface area (Å²) < 4.78 is 10.7. The molecule has 0 fully saturated rings. The quantitative estimate of drug-likeness (QED) is 0.375. The normalized spacial score (nSPS) is 11.1. The zero-order chi connectivity index (χ0) is 10.5. The molecule has 0 rings (SSSR count). The standard InChI is InChI=1S/C9H18O3Si/c1-6-12-13(4,5)7-11-9(3)8(2)10/h3,6-7H2,1-2,4-5H3. The Morgan fingerprint density at radius 2 is 2.00 bits per heavy atom. The Kier molecular flexibility index (Phi) is 4.94. The Balaban J connectivity index is 3.87. The monoisotopic (exact) mass is 202 g/mol. The Hall–Kier alpha value is -0.613. The molecule has 0 aliphatic carbocycles. The molecule has 0 spiro atoms. The molecule has 0 aromatic heterocycles. The molecule has 0 aromatic rings. The van der Waals surface area contributed by atoms with Gasteiger partial charge in [0.25, 0.3) is 0 Å². The second-order valence-corrected chi connectivity index (χ2v) is 7.56. The molecule has 0 saturated heterocycles. The van der Waals surface area contributed by atoms with Gasteiger partial charge in [-0.15, -0.1) is 0 Å². The van der Waals surface area contributed by atoms with E-state index in [1.807, 2.05) is 20.0 Å². The van der Waals surface area contributed by atoms with Gasteiger partial charge in [0.2, 0.25) is 8.32 Å². The van der Waals surface area contributed by atoms with Crippen LogP contribution in [0.2, 0.25) is 13.1 Å². The van der Waals surface area contributed by atoms with Crippen LogP contribution in [-0.2, 0) is 14.0 Å². The van der Waals surface area contributed by atoms with Crippen molar-refractivity contribution in [2.24, 2.45) is 0 Å². The third kappa shape index (κ3) is 5.60. The van der Waals surface area contributed by atoms with E-state index in [1.54, 1.807) is 0 Å². The fourth-order valence-electron chi connectivity index (χ4n) is 0.795. The molecule has 0 radical (unpaired) electrons. The summed E-state index contributed by atoms with van der Waals surface area (Å²) in [4.78, 5) is 10.8. The van der Waals surface area contributed by atoms with Gasteiger partial charge in [-0.3, -0.25) is 4.79 Å². The summed E-state index contributed by atoms with van der Waals surface area (Å²) in [6, 6.07) is 0. The Bertz CT molecular complexity index is 199. The van der Waals surface area contributed by atoms with Crippen LogP contribution in [0.25, 0.3) is 0 Å². The summed E-state index contributed by atoms with van der Waals surface area (Å²) in [6.07, 6.45) is 0.485. The lowest BCUT2D eigenvalue weighted by Crippen LogP contribution is -2.37. The van der Waals surface area contributed by atoms with Crippen LogP contribution in [0.3, 0.4) is 0 Å². The maximum Gasteiger partial charge on any atom is 0.224 e. The van der Waals surface area contributed by atoms with E-state index in [4.69, 9.17) is 9.16 Å². The van der Waals surface area contributed by atoms with Crippen molar-refractivity contribution in [3.8, 4) is 0 Å². The lowest BCUT2D eigenvalue weighted by Gasteiger charge is -2.22. The molecule has 0 aromatic carbocycles. The predicted molar refractivity (Wildman–Crippen MR) is 54.9 cm³/mol. The first-order chi connectivity index (χ1) is 5.89. The van der Waals surface area contributed by atoms with Crippen LogP contribution in [0.5, 0.6) is 0 Å². The van der Waals surface area contributed by atoms with Gasteiger partial charge in [0.15, 0.2) is 11.5 Å². The van der Waals surface area contributed by atoms with Crippen LogP contribution >= 0.6 is 0 Å². The summed E-state index contributed by atoms with van der Waals surface area (Å²) in [5.41, 5.74) is 0. The van der Waals surface area contributed by atoms with Gasteiger partial charge >= 0.3 is 0 Å². The van der Waals surface area contributed by atoms with E-state index in [2.05, 4.69) is 6.58 Å². The van der Waals surface area contributed by atoms with Crippen LogP contribution in [0, 0.1) is 0 Å². The highest BCUT2D eigenvalue weighted by Crippen LogP contribution is 2.07. The van der Waals surface area contributed by atoms with E-state index in [0.717, 1.165) is 0 Å². The zero-order valence-electron chi connectivity index (χ0n) is 8.85. The first kappa shape index (κ1) is 12.4. The average Bonchev–Trinajstić information content (AvgIpc) is 2.00. The molecule has 3 nitrogen and oxygen atoms in total. The fraction of sp³-hybridized carbons (Fsp3) is 0.667. The van der Waals surface area contributed by atoms with Gasteiger partial charge in [0, 0.05) is 13.5 Å². The largest absolute Gasteiger partial charge is 0.491 e. The molecule has 0 aliphatic rings. The maximum atomic E-state index is 10.8.